The van der Waals surface area contributed by atoms with E-state index in [0.717, 1.165) is 6.08 Å². The van der Waals surface area contributed by atoms with Crippen LogP contribution >= 0.6 is 15.9 Å². The van der Waals surface area contributed by atoms with Crippen LogP contribution in [-0.2, 0) is 9.59 Å². The van der Waals surface area contributed by atoms with Crippen molar-refractivity contribution in [2.45, 2.75) is 6.18 Å². The lowest BCUT2D eigenvalue weighted by Crippen LogP contribution is -2.44. The van der Waals surface area contributed by atoms with Crippen LogP contribution in [0.25, 0.3) is 0 Å². The second-order valence-electron chi connectivity index (χ2n) is 2.64. The summed E-state index contributed by atoms with van der Waals surface area (Å²) < 4.78 is 36.1. The second kappa shape index (κ2) is 5.89. The van der Waals surface area contributed by atoms with E-state index in [4.69, 9.17) is 0 Å². The van der Waals surface area contributed by atoms with Gasteiger partial charge in [0.25, 0.3) is 0 Å². The fraction of sp³-hybridized carbons (Fsp3) is 0.500. The van der Waals surface area contributed by atoms with Gasteiger partial charge in [-0.05, 0) is 0 Å². The Bertz CT molecular complexity index is 265. The molecule has 0 N–H and O–H groups in total. The molecule has 0 bridgehead atoms. The van der Waals surface area contributed by atoms with Gasteiger partial charge in [0.2, 0.25) is 0 Å². The van der Waals surface area contributed by atoms with Crippen molar-refractivity contribution < 1.29 is 22.8 Å². The predicted molar refractivity (Wildman–Crippen MR) is 51.6 cm³/mol. The normalized spacial score (nSPS) is 10.9. The molecule has 0 heterocycles. The summed E-state index contributed by atoms with van der Waals surface area (Å²) in [6.07, 6.45) is -3.83. The van der Waals surface area contributed by atoms with Gasteiger partial charge in [-0.3, -0.25) is 9.59 Å². The zero-order chi connectivity index (χ0) is 12.1. The van der Waals surface area contributed by atoms with Crippen LogP contribution in [0.3, 0.4) is 0 Å². The van der Waals surface area contributed by atoms with Gasteiger partial charge in [-0.2, -0.15) is 13.2 Å². The van der Waals surface area contributed by atoms with Crippen molar-refractivity contribution in [2.75, 3.05) is 18.4 Å². The summed E-state index contributed by atoms with van der Waals surface area (Å²) in [6.45, 7) is 2.33. The molecule has 0 spiro atoms. The molecule has 0 aliphatic rings. The number of amides is 1. The Kier molecular flexibility index (Phi) is 5.56. The van der Waals surface area contributed by atoms with Crippen LogP contribution in [0.4, 0.5) is 13.2 Å². The molecule has 0 aromatic rings. The minimum Gasteiger partial charge on any atom is -0.324 e. The van der Waals surface area contributed by atoms with E-state index < -0.39 is 24.4 Å². The number of halogens is 4. The first-order valence-electron chi connectivity index (χ1n) is 3.87. The Labute approximate surface area is 93.1 Å². The molecule has 0 atom stereocenters. The summed E-state index contributed by atoms with van der Waals surface area (Å²) in [6, 6.07) is 0. The number of Topliss-reactive ketones (excluding diaryl/α,β-unsaturated/α-hetero) is 1. The molecule has 0 rings (SSSR count). The van der Waals surface area contributed by atoms with Crippen LogP contribution in [0.1, 0.15) is 0 Å². The fourth-order valence-electron chi connectivity index (χ4n) is 0.810. The van der Waals surface area contributed by atoms with Gasteiger partial charge in [0, 0.05) is 6.54 Å². The number of ketones is 1. The average molecular weight is 288 g/mol. The minimum absolute atomic E-state index is 0.0915. The van der Waals surface area contributed by atoms with Crippen LogP contribution in [0.2, 0.25) is 0 Å². The van der Waals surface area contributed by atoms with Crippen molar-refractivity contribution in [3.05, 3.63) is 12.7 Å². The van der Waals surface area contributed by atoms with Crippen molar-refractivity contribution >= 4 is 27.6 Å². The van der Waals surface area contributed by atoms with Crippen LogP contribution in [0.5, 0.6) is 0 Å². The van der Waals surface area contributed by atoms with E-state index in [-0.39, 0.29) is 11.9 Å². The molecule has 15 heavy (non-hydrogen) atoms. The van der Waals surface area contributed by atoms with Gasteiger partial charge >= 0.3 is 12.1 Å². The Morgan fingerprint density at radius 3 is 2.27 bits per heavy atom. The van der Waals surface area contributed by atoms with Crippen LogP contribution in [0, 0.1) is 0 Å². The van der Waals surface area contributed by atoms with Crippen LogP contribution in [-0.4, -0.2) is 41.2 Å². The molecule has 0 aromatic carbocycles. The molecular weight excluding hydrogens is 279 g/mol. The number of carbonyl (C=O) groups excluding carboxylic acids is 2. The van der Waals surface area contributed by atoms with E-state index in [1.165, 1.54) is 0 Å². The number of hydrogen-bond donors (Lipinski definition) is 0. The van der Waals surface area contributed by atoms with Crippen molar-refractivity contribution in [2.24, 2.45) is 0 Å². The van der Waals surface area contributed by atoms with E-state index in [0.29, 0.717) is 4.90 Å². The lowest BCUT2D eigenvalue weighted by Gasteiger charge is -2.20. The Morgan fingerprint density at radius 1 is 1.40 bits per heavy atom. The van der Waals surface area contributed by atoms with Gasteiger partial charge in [-0.15, -0.1) is 6.58 Å². The average Bonchev–Trinajstić information content (AvgIpc) is 2.14. The fourth-order valence-corrected chi connectivity index (χ4v) is 0.987. The number of hydrogen-bond acceptors (Lipinski definition) is 2. The third kappa shape index (κ3) is 4.96. The maximum absolute atomic E-state index is 12.0. The Morgan fingerprint density at radius 2 is 1.93 bits per heavy atom. The topological polar surface area (TPSA) is 37.4 Å². The van der Waals surface area contributed by atoms with Gasteiger partial charge in [-0.25, -0.2) is 0 Å². The SMILES string of the molecule is C=CCN(CC(=O)CBr)C(=O)C(F)(F)F. The maximum atomic E-state index is 12.0. The first kappa shape index (κ1) is 14.2. The smallest absolute Gasteiger partial charge is 0.324 e. The number of carbonyl (C=O) groups is 2. The second-order valence-corrected chi connectivity index (χ2v) is 3.21. The molecule has 0 fully saturated rings. The van der Waals surface area contributed by atoms with Gasteiger partial charge in [0.05, 0.1) is 11.9 Å². The molecule has 0 radical (unpaired) electrons. The molecule has 0 saturated heterocycles. The molecule has 0 unspecified atom stereocenters. The molecular formula is C8H9BrF3NO2. The Balaban J connectivity index is 4.59. The quantitative estimate of drug-likeness (QED) is 0.568. The molecule has 7 heteroatoms. The van der Waals surface area contributed by atoms with Crippen LogP contribution in [0.15, 0.2) is 12.7 Å². The lowest BCUT2D eigenvalue weighted by atomic mass is 10.3. The molecule has 0 aliphatic heterocycles. The van der Waals surface area contributed by atoms with E-state index in [2.05, 4.69) is 22.5 Å². The Hall–Kier alpha value is -0.850. The zero-order valence-electron chi connectivity index (χ0n) is 7.68. The number of rotatable bonds is 5. The van der Waals surface area contributed by atoms with Gasteiger partial charge in [0.1, 0.15) is 0 Å². The summed E-state index contributed by atoms with van der Waals surface area (Å²) in [5.41, 5.74) is 0. The standard InChI is InChI=1S/C8H9BrF3NO2/c1-2-3-13(5-6(14)4-9)7(15)8(10,11)12/h2H,1,3-5H2. The van der Waals surface area contributed by atoms with E-state index in [1.807, 2.05) is 0 Å². The summed E-state index contributed by atoms with van der Waals surface area (Å²) in [4.78, 5) is 22.1. The highest BCUT2D eigenvalue weighted by atomic mass is 79.9. The third-order valence-corrected chi connectivity index (χ3v) is 2.02. The van der Waals surface area contributed by atoms with Crippen molar-refractivity contribution in [3.8, 4) is 0 Å². The van der Waals surface area contributed by atoms with Crippen molar-refractivity contribution in [1.82, 2.24) is 4.90 Å². The highest BCUT2D eigenvalue weighted by molar-refractivity contribution is 9.09. The maximum Gasteiger partial charge on any atom is 0.471 e. The van der Waals surface area contributed by atoms with E-state index in [9.17, 15) is 22.8 Å². The minimum atomic E-state index is -4.96. The van der Waals surface area contributed by atoms with Gasteiger partial charge < -0.3 is 4.90 Å². The van der Waals surface area contributed by atoms with Crippen molar-refractivity contribution in [1.29, 1.82) is 0 Å². The summed E-state index contributed by atoms with van der Waals surface area (Å²) in [5.74, 6) is -2.54. The number of nitrogens with zero attached hydrogens (tertiary/aromatic N) is 1. The van der Waals surface area contributed by atoms with Crippen molar-refractivity contribution in [3.63, 3.8) is 0 Å². The zero-order valence-corrected chi connectivity index (χ0v) is 9.27. The van der Waals surface area contributed by atoms with Crippen LogP contribution < -0.4 is 0 Å². The van der Waals surface area contributed by atoms with E-state index in [1.54, 1.807) is 0 Å². The predicted octanol–water partition coefficient (Wildman–Crippen LogP) is 1.53. The highest BCUT2D eigenvalue weighted by Crippen LogP contribution is 2.18. The van der Waals surface area contributed by atoms with E-state index >= 15 is 0 Å². The van der Waals surface area contributed by atoms with Gasteiger partial charge in [-0.1, -0.05) is 22.0 Å². The largest absolute Gasteiger partial charge is 0.471 e. The van der Waals surface area contributed by atoms with Gasteiger partial charge in [0.15, 0.2) is 5.78 Å². The third-order valence-electron chi connectivity index (χ3n) is 1.40. The summed E-state index contributed by atoms with van der Waals surface area (Å²) in [5, 5.41) is -0.0915. The molecule has 0 saturated carbocycles. The summed E-state index contributed by atoms with van der Waals surface area (Å²) in [7, 11) is 0. The molecule has 1 amide bonds. The molecule has 0 aliphatic carbocycles. The summed E-state index contributed by atoms with van der Waals surface area (Å²) >= 11 is 2.80. The lowest BCUT2D eigenvalue weighted by molar-refractivity contribution is -0.185. The molecule has 3 nitrogen and oxygen atoms in total. The number of alkyl halides is 4. The highest BCUT2D eigenvalue weighted by Gasteiger charge is 2.42. The monoisotopic (exact) mass is 287 g/mol. The first-order valence-corrected chi connectivity index (χ1v) is 4.99. The molecule has 0 aromatic heterocycles. The first-order chi connectivity index (χ1) is 6.82. The molecule has 86 valence electrons.